The summed E-state index contributed by atoms with van der Waals surface area (Å²) in [5, 5.41) is 9.96. The Bertz CT molecular complexity index is 315. The molecule has 0 saturated carbocycles. The SMILES string of the molecule is O[C@@H](CCc1ccccc1)[C@@H]1C=CCC1. The highest BCUT2D eigenvalue weighted by atomic mass is 16.3. The summed E-state index contributed by atoms with van der Waals surface area (Å²) < 4.78 is 0. The van der Waals surface area contributed by atoms with E-state index in [1.54, 1.807) is 0 Å². The van der Waals surface area contributed by atoms with Crippen molar-refractivity contribution in [1.82, 2.24) is 0 Å². The van der Waals surface area contributed by atoms with Crippen LogP contribution in [0.2, 0.25) is 0 Å². The van der Waals surface area contributed by atoms with Crippen LogP contribution in [-0.2, 0) is 6.42 Å². The first kappa shape index (κ1) is 10.4. The van der Waals surface area contributed by atoms with E-state index in [9.17, 15) is 5.11 Å². The molecular formula is C14H18O. The van der Waals surface area contributed by atoms with Crippen LogP contribution in [0.15, 0.2) is 42.5 Å². The highest BCUT2D eigenvalue weighted by molar-refractivity contribution is 5.15. The first-order valence-electron chi connectivity index (χ1n) is 5.75. The molecule has 1 aliphatic carbocycles. The number of aryl methyl sites for hydroxylation is 1. The molecule has 0 amide bonds. The van der Waals surface area contributed by atoms with E-state index in [1.165, 1.54) is 5.56 Å². The molecule has 0 bridgehead atoms. The van der Waals surface area contributed by atoms with Crippen molar-refractivity contribution < 1.29 is 5.11 Å². The van der Waals surface area contributed by atoms with E-state index >= 15 is 0 Å². The molecule has 0 radical (unpaired) electrons. The molecule has 0 heterocycles. The lowest BCUT2D eigenvalue weighted by atomic mass is 9.96. The lowest BCUT2D eigenvalue weighted by molar-refractivity contribution is 0.120. The molecule has 2 rings (SSSR count). The van der Waals surface area contributed by atoms with E-state index < -0.39 is 0 Å². The van der Waals surface area contributed by atoms with Crippen LogP contribution in [0.5, 0.6) is 0 Å². The fraction of sp³-hybridized carbons (Fsp3) is 0.429. The average Bonchev–Trinajstić information content (AvgIpc) is 2.81. The van der Waals surface area contributed by atoms with E-state index in [1.807, 2.05) is 6.07 Å². The normalized spacial score (nSPS) is 21.8. The summed E-state index contributed by atoms with van der Waals surface area (Å²) in [6.45, 7) is 0. The number of hydrogen-bond donors (Lipinski definition) is 1. The maximum Gasteiger partial charge on any atom is 0.0606 e. The highest BCUT2D eigenvalue weighted by Gasteiger charge is 2.18. The Kier molecular flexibility index (Phi) is 3.57. The molecule has 2 atom stereocenters. The minimum atomic E-state index is -0.163. The summed E-state index contributed by atoms with van der Waals surface area (Å²) in [6, 6.07) is 10.4. The van der Waals surface area contributed by atoms with E-state index in [0.717, 1.165) is 25.7 Å². The maximum absolute atomic E-state index is 9.96. The molecule has 1 aliphatic rings. The van der Waals surface area contributed by atoms with Crippen LogP contribution in [0, 0.1) is 5.92 Å². The number of benzene rings is 1. The third-order valence-electron chi connectivity index (χ3n) is 3.12. The Morgan fingerprint density at radius 2 is 2.07 bits per heavy atom. The van der Waals surface area contributed by atoms with Crippen LogP contribution in [-0.4, -0.2) is 11.2 Å². The van der Waals surface area contributed by atoms with E-state index in [4.69, 9.17) is 0 Å². The fourth-order valence-electron chi connectivity index (χ4n) is 2.15. The smallest absolute Gasteiger partial charge is 0.0606 e. The Morgan fingerprint density at radius 3 is 2.73 bits per heavy atom. The molecule has 1 heteroatoms. The molecule has 0 aromatic heterocycles. The molecule has 1 nitrogen and oxygen atoms in total. The van der Waals surface area contributed by atoms with Gasteiger partial charge in [0.05, 0.1) is 6.10 Å². The van der Waals surface area contributed by atoms with Crippen molar-refractivity contribution >= 4 is 0 Å². The van der Waals surface area contributed by atoms with Crippen LogP contribution in [0.4, 0.5) is 0 Å². The average molecular weight is 202 g/mol. The van der Waals surface area contributed by atoms with Gasteiger partial charge in [-0.3, -0.25) is 0 Å². The highest BCUT2D eigenvalue weighted by Crippen LogP contribution is 2.23. The summed E-state index contributed by atoms with van der Waals surface area (Å²) in [5.74, 6) is 0.397. The lowest BCUT2D eigenvalue weighted by Gasteiger charge is -2.16. The number of allylic oxidation sites excluding steroid dienone is 1. The first-order valence-corrected chi connectivity index (χ1v) is 5.75. The van der Waals surface area contributed by atoms with Gasteiger partial charge in [-0.15, -0.1) is 0 Å². The monoisotopic (exact) mass is 202 g/mol. The first-order chi connectivity index (χ1) is 7.36. The number of rotatable bonds is 4. The molecule has 15 heavy (non-hydrogen) atoms. The molecule has 1 N–H and O–H groups in total. The minimum absolute atomic E-state index is 0.163. The van der Waals surface area contributed by atoms with Crippen LogP contribution in [0.25, 0.3) is 0 Å². The fourth-order valence-corrected chi connectivity index (χ4v) is 2.15. The molecule has 0 spiro atoms. The van der Waals surface area contributed by atoms with Gasteiger partial charge in [-0.2, -0.15) is 0 Å². The van der Waals surface area contributed by atoms with E-state index in [2.05, 4.69) is 36.4 Å². The summed E-state index contributed by atoms with van der Waals surface area (Å²) in [6.07, 6.45) is 8.28. The second-order valence-electron chi connectivity index (χ2n) is 4.26. The summed E-state index contributed by atoms with van der Waals surface area (Å²) in [4.78, 5) is 0. The Morgan fingerprint density at radius 1 is 1.27 bits per heavy atom. The van der Waals surface area contributed by atoms with Crippen LogP contribution in [0.1, 0.15) is 24.8 Å². The topological polar surface area (TPSA) is 20.2 Å². The Balaban J connectivity index is 1.80. The van der Waals surface area contributed by atoms with Crippen molar-refractivity contribution in [1.29, 1.82) is 0 Å². The van der Waals surface area contributed by atoms with Crippen LogP contribution in [0.3, 0.4) is 0 Å². The van der Waals surface area contributed by atoms with Gasteiger partial charge in [0.25, 0.3) is 0 Å². The molecule has 0 saturated heterocycles. The molecule has 0 fully saturated rings. The number of aliphatic hydroxyl groups excluding tert-OH is 1. The quantitative estimate of drug-likeness (QED) is 0.744. The molecule has 80 valence electrons. The molecule has 0 unspecified atom stereocenters. The second-order valence-corrected chi connectivity index (χ2v) is 4.26. The maximum atomic E-state index is 9.96. The van der Waals surface area contributed by atoms with Crippen molar-refractivity contribution in [2.24, 2.45) is 5.92 Å². The van der Waals surface area contributed by atoms with Gasteiger partial charge in [-0.25, -0.2) is 0 Å². The summed E-state index contributed by atoms with van der Waals surface area (Å²) >= 11 is 0. The van der Waals surface area contributed by atoms with Gasteiger partial charge in [-0.05, 0) is 31.2 Å². The van der Waals surface area contributed by atoms with Gasteiger partial charge in [0.15, 0.2) is 0 Å². The third kappa shape index (κ3) is 2.93. The number of hydrogen-bond acceptors (Lipinski definition) is 1. The standard InChI is InChI=1S/C14H18O/c15-14(13-8-4-5-9-13)11-10-12-6-2-1-3-7-12/h1-4,6-8,13-15H,5,9-11H2/t13-,14+/m1/s1. The van der Waals surface area contributed by atoms with Gasteiger partial charge < -0.3 is 5.11 Å². The number of aliphatic hydroxyl groups is 1. The van der Waals surface area contributed by atoms with Gasteiger partial charge in [0.1, 0.15) is 0 Å². The molecular weight excluding hydrogens is 184 g/mol. The minimum Gasteiger partial charge on any atom is -0.393 e. The largest absolute Gasteiger partial charge is 0.393 e. The zero-order valence-corrected chi connectivity index (χ0v) is 8.97. The van der Waals surface area contributed by atoms with Gasteiger partial charge in [0.2, 0.25) is 0 Å². The van der Waals surface area contributed by atoms with Crippen molar-refractivity contribution in [3.8, 4) is 0 Å². The molecule has 1 aromatic carbocycles. The van der Waals surface area contributed by atoms with Gasteiger partial charge >= 0.3 is 0 Å². The van der Waals surface area contributed by atoms with Crippen LogP contribution < -0.4 is 0 Å². The molecule has 0 aliphatic heterocycles. The molecule has 1 aromatic rings. The van der Waals surface area contributed by atoms with Crippen molar-refractivity contribution in [2.75, 3.05) is 0 Å². The van der Waals surface area contributed by atoms with Crippen molar-refractivity contribution in [2.45, 2.75) is 31.8 Å². The third-order valence-corrected chi connectivity index (χ3v) is 3.12. The van der Waals surface area contributed by atoms with E-state index in [-0.39, 0.29) is 6.10 Å². The predicted molar refractivity (Wildman–Crippen MR) is 62.6 cm³/mol. The van der Waals surface area contributed by atoms with Gasteiger partial charge in [-0.1, -0.05) is 42.5 Å². The van der Waals surface area contributed by atoms with Crippen molar-refractivity contribution in [3.05, 3.63) is 48.0 Å². The van der Waals surface area contributed by atoms with E-state index in [0.29, 0.717) is 5.92 Å². The van der Waals surface area contributed by atoms with Crippen LogP contribution >= 0.6 is 0 Å². The lowest BCUT2D eigenvalue weighted by Crippen LogP contribution is -2.17. The zero-order chi connectivity index (χ0) is 10.5. The second kappa shape index (κ2) is 5.13. The summed E-state index contributed by atoms with van der Waals surface area (Å²) in [7, 11) is 0. The van der Waals surface area contributed by atoms with Gasteiger partial charge in [0, 0.05) is 5.92 Å². The van der Waals surface area contributed by atoms with Crippen molar-refractivity contribution in [3.63, 3.8) is 0 Å². The Hall–Kier alpha value is -1.08. The predicted octanol–water partition coefficient (Wildman–Crippen LogP) is 2.95. The summed E-state index contributed by atoms with van der Waals surface area (Å²) in [5.41, 5.74) is 1.32. The Labute approximate surface area is 91.4 Å². The zero-order valence-electron chi connectivity index (χ0n) is 8.97.